The fourth-order valence-electron chi connectivity index (χ4n) is 2.99. The number of benzene rings is 1. The Bertz CT molecular complexity index is 802. The van der Waals surface area contributed by atoms with Crippen LogP contribution >= 0.6 is 11.3 Å². The van der Waals surface area contributed by atoms with Crippen LogP contribution < -0.4 is 10.1 Å². The number of ether oxygens (including phenoxy) is 1. The Morgan fingerprint density at radius 2 is 1.82 bits per heavy atom. The maximum Gasteiger partial charge on any atom is 0.187 e. The lowest BCUT2D eigenvalue weighted by Gasteiger charge is -2.08. The first-order chi connectivity index (χ1) is 13.8. The lowest BCUT2D eigenvalue weighted by atomic mass is 10.1. The molecule has 0 fully saturated rings. The summed E-state index contributed by atoms with van der Waals surface area (Å²) < 4.78 is 5.84. The van der Waals surface area contributed by atoms with Gasteiger partial charge in [-0.3, -0.25) is 4.98 Å². The summed E-state index contributed by atoms with van der Waals surface area (Å²) in [4.78, 5) is 8.82. The number of unbranched alkanes of at least 4 members (excludes halogenated alkanes) is 5. The van der Waals surface area contributed by atoms with Crippen molar-refractivity contribution in [2.24, 2.45) is 0 Å². The third-order valence-corrected chi connectivity index (χ3v) is 5.34. The van der Waals surface area contributed by atoms with Gasteiger partial charge in [0.15, 0.2) is 5.13 Å². The third kappa shape index (κ3) is 6.97. The zero-order valence-corrected chi connectivity index (χ0v) is 17.4. The average molecular weight is 396 g/mol. The van der Waals surface area contributed by atoms with E-state index in [0.29, 0.717) is 0 Å². The van der Waals surface area contributed by atoms with Crippen LogP contribution in [0.5, 0.6) is 5.75 Å². The first-order valence-electron chi connectivity index (χ1n) is 10.2. The van der Waals surface area contributed by atoms with Gasteiger partial charge in [-0.2, -0.15) is 0 Å². The van der Waals surface area contributed by atoms with E-state index in [1.54, 1.807) is 17.5 Å². The molecule has 0 unspecified atom stereocenters. The Hall–Kier alpha value is -2.40. The van der Waals surface area contributed by atoms with E-state index < -0.39 is 0 Å². The van der Waals surface area contributed by atoms with Crippen LogP contribution in [-0.4, -0.2) is 16.6 Å². The van der Waals surface area contributed by atoms with Gasteiger partial charge >= 0.3 is 0 Å². The zero-order chi connectivity index (χ0) is 19.4. The van der Waals surface area contributed by atoms with Gasteiger partial charge in [-0.15, -0.1) is 11.3 Å². The molecule has 0 amide bonds. The number of thiazole rings is 1. The molecular weight excluding hydrogens is 366 g/mol. The normalized spacial score (nSPS) is 10.8. The number of pyridine rings is 1. The van der Waals surface area contributed by atoms with Crippen molar-refractivity contribution in [3.63, 3.8) is 0 Å². The summed E-state index contributed by atoms with van der Waals surface area (Å²) in [5.74, 6) is 0.926. The first kappa shape index (κ1) is 20.3. The summed E-state index contributed by atoms with van der Waals surface area (Å²) in [6.07, 6.45) is 12.2. The Labute approximate surface area is 172 Å². The molecule has 0 saturated heterocycles. The van der Waals surface area contributed by atoms with Crippen molar-refractivity contribution < 1.29 is 4.74 Å². The third-order valence-electron chi connectivity index (χ3n) is 4.53. The highest BCUT2D eigenvalue weighted by Crippen LogP contribution is 2.24. The van der Waals surface area contributed by atoms with Crippen molar-refractivity contribution in [3.05, 3.63) is 65.4 Å². The van der Waals surface area contributed by atoms with E-state index in [-0.39, 0.29) is 0 Å². The first-order valence-corrected chi connectivity index (χ1v) is 11.0. The highest BCUT2D eigenvalue weighted by atomic mass is 32.1. The van der Waals surface area contributed by atoms with E-state index in [0.717, 1.165) is 41.7 Å². The molecule has 1 aromatic carbocycles. The highest BCUT2D eigenvalue weighted by molar-refractivity contribution is 7.13. The van der Waals surface area contributed by atoms with Gasteiger partial charge in [-0.25, -0.2) is 4.98 Å². The molecule has 0 spiro atoms. The number of nitrogens with zero attached hydrogens (tertiary/aromatic N) is 2. The van der Waals surface area contributed by atoms with Gasteiger partial charge in [-0.1, -0.05) is 45.1 Å². The summed E-state index contributed by atoms with van der Waals surface area (Å²) in [5, 5.41) is 6.36. The van der Waals surface area contributed by atoms with Crippen molar-refractivity contribution in [3.8, 4) is 5.75 Å². The minimum Gasteiger partial charge on any atom is -0.494 e. The van der Waals surface area contributed by atoms with Gasteiger partial charge in [0.2, 0.25) is 0 Å². The quantitative estimate of drug-likeness (QED) is 0.350. The maximum absolute atomic E-state index is 5.84. The second-order valence-corrected chi connectivity index (χ2v) is 7.81. The fourth-order valence-corrected chi connectivity index (χ4v) is 3.72. The predicted molar refractivity (Wildman–Crippen MR) is 118 cm³/mol. The largest absolute Gasteiger partial charge is 0.494 e. The molecule has 0 atom stereocenters. The van der Waals surface area contributed by atoms with Gasteiger partial charge in [-0.05, 0) is 42.3 Å². The second-order valence-electron chi connectivity index (χ2n) is 6.95. The Kier molecular flexibility index (Phi) is 8.31. The van der Waals surface area contributed by atoms with Crippen LogP contribution in [0.3, 0.4) is 0 Å². The zero-order valence-electron chi connectivity index (χ0n) is 16.6. The van der Waals surface area contributed by atoms with Crippen molar-refractivity contribution in [2.45, 2.75) is 51.9 Å². The lowest BCUT2D eigenvalue weighted by Crippen LogP contribution is -1.97. The van der Waals surface area contributed by atoms with E-state index in [1.165, 1.54) is 37.7 Å². The predicted octanol–water partition coefficient (Wildman–Crippen LogP) is 6.61. The van der Waals surface area contributed by atoms with Crippen molar-refractivity contribution in [1.82, 2.24) is 9.97 Å². The van der Waals surface area contributed by atoms with Crippen LogP contribution in [0.4, 0.5) is 10.8 Å². The van der Waals surface area contributed by atoms with Gasteiger partial charge in [0.05, 0.1) is 12.3 Å². The molecule has 0 aliphatic carbocycles. The molecule has 3 rings (SSSR count). The molecule has 28 heavy (non-hydrogen) atoms. The van der Waals surface area contributed by atoms with Gasteiger partial charge in [0.25, 0.3) is 0 Å². The minimum atomic E-state index is 0.795. The van der Waals surface area contributed by atoms with E-state index in [9.17, 15) is 0 Å². The topological polar surface area (TPSA) is 47.0 Å². The second kappa shape index (κ2) is 11.4. The molecule has 0 bridgehead atoms. The standard InChI is InChI=1S/C23H29N3OS/c1-2-3-4-5-6-7-15-27-22-12-10-20(11-13-22)25-23-26-21(18-28-23)16-19-9-8-14-24-17-19/h8-14,17-18H,2-7,15-16H2,1H3,(H,25,26). The molecule has 0 aliphatic heterocycles. The molecule has 5 heteroatoms. The van der Waals surface area contributed by atoms with E-state index >= 15 is 0 Å². The highest BCUT2D eigenvalue weighted by Gasteiger charge is 2.04. The van der Waals surface area contributed by atoms with Crippen LogP contribution in [0.15, 0.2) is 54.2 Å². The average Bonchev–Trinajstić information content (AvgIpc) is 3.16. The molecule has 2 heterocycles. The maximum atomic E-state index is 5.84. The number of hydrogen-bond acceptors (Lipinski definition) is 5. The number of anilines is 2. The Balaban J connectivity index is 1.41. The Morgan fingerprint density at radius 3 is 2.61 bits per heavy atom. The fraction of sp³-hybridized carbons (Fsp3) is 0.391. The van der Waals surface area contributed by atoms with Crippen molar-refractivity contribution in [1.29, 1.82) is 0 Å². The SMILES string of the molecule is CCCCCCCCOc1ccc(Nc2nc(Cc3cccnc3)cs2)cc1. The van der Waals surface area contributed by atoms with E-state index in [4.69, 9.17) is 4.74 Å². The number of nitrogens with one attached hydrogen (secondary N) is 1. The van der Waals surface area contributed by atoms with Crippen molar-refractivity contribution in [2.75, 3.05) is 11.9 Å². The molecular formula is C23H29N3OS. The summed E-state index contributed by atoms with van der Waals surface area (Å²) in [7, 11) is 0. The minimum absolute atomic E-state index is 0.795. The molecule has 148 valence electrons. The summed E-state index contributed by atoms with van der Waals surface area (Å²) >= 11 is 1.62. The van der Waals surface area contributed by atoms with Crippen molar-refractivity contribution >= 4 is 22.2 Å². The molecule has 1 N–H and O–H groups in total. The number of hydrogen-bond donors (Lipinski definition) is 1. The van der Waals surface area contributed by atoms with Crippen LogP contribution in [0.2, 0.25) is 0 Å². The van der Waals surface area contributed by atoms with Crippen LogP contribution in [0.25, 0.3) is 0 Å². The monoisotopic (exact) mass is 395 g/mol. The molecule has 0 aliphatic rings. The van der Waals surface area contributed by atoms with Gasteiger partial charge in [0, 0.05) is 29.9 Å². The van der Waals surface area contributed by atoms with Crippen LogP contribution in [0.1, 0.15) is 56.7 Å². The molecule has 2 aromatic heterocycles. The number of aromatic nitrogens is 2. The molecule has 0 radical (unpaired) electrons. The van der Waals surface area contributed by atoms with E-state index in [1.807, 2.05) is 36.5 Å². The Morgan fingerprint density at radius 1 is 1.00 bits per heavy atom. The summed E-state index contributed by atoms with van der Waals surface area (Å²) in [6.45, 7) is 3.04. The molecule has 0 saturated carbocycles. The van der Waals surface area contributed by atoms with Crippen LogP contribution in [0, 0.1) is 0 Å². The smallest absolute Gasteiger partial charge is 0.187 e. The van der Waals surface area contributed by atoms with Gasteiger partial charge in [0.1, 0.15) is 5.75 Å². The lowest BCUT2D eigenvalue weighted by molar-refractivity contribution is 0.304. The van der Waals surface area contributed by atoms with E-state index in [2.05, 4.69) is 33.7 Å². The number of rotatable bonds is 12. The van der Waals surface area contributed by atoms with Gasteiger partial charge < -0.3 is 10.1 Å². The van der Waals surface area contributed by atoms with Crippen LogP contribution in [-0.2, 0) is 6.42 Å². The molecule has 4 nitrogen and oxygen atoms in total. The summed E-state index contributed by atoms with van der Waals surface area (Å²) in [5.41, 5.74) is 3.25. The summed E-state index contributed by atoms with van der Waals surface area (Å²) in [6, 6.07) is 12.1. The molecule has 3 aromatic rings.